The number of carbonyl (C=O) groups excluding carboxylic acids is 1. The first-order valence-electron chi connectivity index (χ1n) is 6.04. The first-order valence-corrected chi connectivity index (χ1v) is 6.04. The average molecular weight is 271 g/mol. The first kappa shape index (κ1) is 13.7. The second-order valence-electron chi connectivity index (χ2n) is 4.18. The van der Waals surface area contributed by atoms with E-state index in [1.54, 1.807) is 18.3 Å². The Kier molecular flexibility index (Phi) is 4.39. The molecule has 2 rings (SSSR count). The summed E-state index contributed by atoms with van der Waals surface area (Å²) in [5.41, 5.74) is 1.70. The number of amides is 1. The van der Waals surface area contributed by atoms with E-state index in [0.717, 1.165) is 11.3 Å². The second-order valence-corrected chi connectivity index (χ2v) is 4.18. The van der Waals surface area contributed by atoms with Crippen LogP contribution in [0.3, 0.4) is 0 Å². The molecule has 0 saturated heterocycles. The summed E-state index contributed by atoms with van der Waals surface area (Å²) in [7, 11) is 0. The zero-order valence-corrected chi connectivity index (χ0v) is 10.6. The Morgan fingerprint density at radius 2 is 2.00 bits per heavy atom. The molecule has 102 valence electrons. The molecule has 1 aromatic heterocycles. The normalized spacial score (nSPS) is 11.6. The van der Waals surface area contributed by atoms with Crippen LogP contribution in [0.4, 0.5) is 5.69 Å². The largest absolute Gasteiger partial charge is 0.358 e. The molecule has 0 spiro atoms. The van der Waals surface area contributed by atoms with Crippen LogP contribution in [-0.4, -0.2) is 22.9 Å². The third-order valence-corrected chi connectivity index (χ3v) is 2.96. The van der Waals surface area contributed by atoms with E-state index in [0.29, 0.717) is 13.0 Å². The van der Waals surface area contributed by atoms with Gasteiger partial charge in [0.2, 0.25) is 6.41 Å². The van der Waals surface area contributed by atoms with Crippen LogP contribution in [0.2, 0.25) is 0 Å². The Morgan fingerprint density at radius 3 is 2.55 bits per heavy atom. The number of carbonyl (C=O) groups is 1. The fraction of sp³-hybridized carbons (Fsp3) is 0.143. The Labute approximate surface area is 115 Å². The van der Waals surface area contributed by atoms with E-state index in [9.17, 15) is 14.9 Å². The van der Waals surface area contributed by atoms with E-state index in [1.165, 1.54) is 12.1 Å². The van der Waals surface area contributed by atoms with Gasteiger partial charge in [-0.3, -0.25) is 19.9 Å². The minimum atomic E-state index is -0.441. The van der Waals surface area contributed by atoms with Crippen LogP contribution in [0, 0.1) is 10.1 Å². The number of benzene rings is 1. The number of nitro benzene ring substituents is 1. The molecule has 1 atom stereocenters. The highest BCUT2D eigenvalue weighted by Gasteiger charge is 2.16. The van der Waals surface area contributed by atoms with Crippen LogP contribution in [0.15, 0.2) is 48.7 Å². The predicted molar refractivity (Wildman–Crippen MR) is 73.2 cm³/mol. The Hall–Kier alpha value is -2.76. The molecule has 0 aliphatic carbocycles. The van der Waals surface area contributed by atoms with Gasteiger partial charge in [-0.25, -0.2) is 0 Å². The second kappa shape index (κ2) is 6.42. The lowest BCUT2D eigenvalue weighted by Gasteiger charge is -2.16. The molecular formula is C14H13N3O3. The summed E-state index contributed by atoms with van der Waals surface area (Å²) in [6.07, 6.45) is 2.30. The van der Waals surface area contributed by atoms with Crippen molar-refractivity contribution in [2.45, 2.75) is 5.92 Å². The van der Waals surface area contributed by atoms with Crippen molar-refractivity contribution in [3.8, 4) is 0 Å². The zero-order valence-electron chi connectivity index (χ0n) is 10.6. The molecule has 1 unspecified atom stereocenters. The standard InChI is InChI=1S/C14H13N3O3/c18-10-15-9-13(14-3-1-2-8-16-14)11-4-6-12(7-5-11)17(19)20/h1-8,10,13H,9H2,(H,15,18). The molecule has 0 aliphatic heterocycles. The number of pyridine rings is 1. The van der Waals surface area contributed by atoms with Crippen LogP contribution in [0.1, 0.15) is 17.2 Å². The fourth-order valence-electron chi connectivity index (χ4n) is 1.97. The molecule has 1 N–H and O–H groups in total. The maximum absolute atomic E-state index is 10.7. The molecule has 20 heavy (non-hydrogen) atoms. The summed E-state index contributed by atoms with van der Waals surface area (Å²) < 4.78 is 0. The average Bonchev–Trinajstić information content (AvgIpc) is 2.49. The molecule has 0 radical (unpaired) electrons. The summed E-state index contributed by atoms with van der Waals surface area (Å²) in [4.78, 5) is 25.0. The topological polar surface area (TPSA) is 85.1 Å². The molecule has 1 aromatic carbocycles. The van der Waals surface area contributed by atoms with Gasteiger partial charge in [0.25, 0.3) is 5.69 Å². The molecular weight excluding hydrogens is 258 g/mol. The number of hydrogen-bond donors (Lipinski definition) is 1. The molecule has 1 amide bonds. The molecule has 0 fully saturated rings. The lowest BCUT2D eigenvalue weighted by Crippen LogP contribution is -2.21. The van der Waals surface area contributed by atoms with Gasteiger partial charge in [-0.15, -0.1) is 0 Å². The van der Waals surface area contributed by atoms with Gasteiger partial charge in [-0.2, -0.15) is 0 Å². The highest BCUT2D eigenvalue weighted by Crippen LogP contribution is 2.24. The van der Waals surface area contributed by atoms with Gasteiger partial charge >= 0.3 is 0 Å². The van der Waals surface area contributed by atoms with Crippen molar-refractivity contribution in [3.05, 3.63) is 70.0 Å². The SMILES string of the molecule is O=CNCC(c1ccc([N+](=O)[O-])cc1)c1ccccn1. The number of nitrogens with zero attached hydrogens (tertiary/aromatic N) is 2. The van der Waals surface area contributed by atoms with Crippen molar-refractivity contribution in [2.75, 3.05) is 6.54 Å². The van der Waals surface area contributed by atoms with E-state index in [4.69, 9.17) is 0 Å². The van der Waals surface area contributed by atoms with Crippen molar-refractivity contribution >= 4 is 12.1 Å². The number of nitrogens with one attached hydrogen (secondary N) is 1. The summed E-state index contributed by atoms with van der Waals surface area (Å²) >= 11 is 0. The highest BCUT2D eigenvalue weighted by molar-refractivity contribution is 5.47. The summed E-state index contributed by atoms with van der Waals surface area (Å²) in [5, 5.41) is 13.3. The van der Waals surface area contributed by atoms with E-state index >= 15 is 0 Å². The van der Waals surface area contributed by atoms with Crippen molar-refractivity contribution < 1.29 is 9.72 Å². The van der Waals surface area contributed by atoms with Crippen LogP contribution < -0.4 is 5.32 Å². The van der Waals surface area contributed by atoms with Crippen molar-refractivity contribution in [1.29, 1.82) is 0 Å². The van der Waals surface area contributed by atoms with Crippen molar-refractivity contribution in [1.82, 2.24) is 10.3 Å². The lowest BCUT2D eigenvalue weighted by molar-refractivity contribution is -0.384. The first-order chi connectivity index (χ1) is 9.72. The zero-order chi connectivity index (χ0) is 14.4. The maximum atomic E-state index is 10.7. The van der Waals surface area contributed by atoms with Gasteiger partial charge in [0, 0.05) is 36.5 Å². The Morgan fingerprint density at radius 1 is 1.25 bits per heavy atom. The molecule has 0 bridgehead atoms. The third kappa shape index (κ3) is 3.17. The number of non-ortho nitro benzene ring substituents is 1. The van der Waals surface area contributed by atoms with Crippen LogP contribution in [0.25, 0.3) is 0 Å². The van der Waals surface area contributed by atoms with Crippen LogP contribution >= 0.6 is 0 Å². The minimum absolute atomic E-state index is 0.0388. The number of aromatic nitrogens is 1. The van der Waals surface area contributed by atoms with Crippen molar-refractivity contribution in [2.24, 2.45) is 0 Å². The van der Waals surface area contributed by atoms with Crippen LogP contribution in [-0.2, 0) is 4.79 Å². The summed E-state index contributed by atoms with van der Waals surface area (Å²) in [6, 6.07) is 11.8. The Bertz CT molecular complexity index is 584. The van der Waals surface area contributed by atoms with Crippen LogP contribution in [0.5, 0.6) is 0 Å². The van der Waals surface area contributed by atoms with Gasteiger partial charge in [0.15, 0.2) is 0 Å². The van der Waals surface area contributed by atoms with Gasteiger partial charge in [-0.1, -0.05) is 18.2 Å². The molecule has 6 heteroatoms. The highest BCUT2D eigenvalue weighted by atomic mass is 16.6. The van der Waals surface area contributed by atoms with E-state index in [1.807, 2.05) is 18.2 Å². The Balaban J connectivity index is 2.31. The quantitative estimate of drug-likeness (QED) is 0.493. The summed E-state index contributed by atoms with van der Waals surface area (Å²) in [6.45, 7) is 0.387. The lowest BCUT2D eigenvalue weighted by atomic mass is 9.95. The summed E-state index contributed by atoms with van der Waals surface area (Å²) in [5.74, 6) is -0.137. The molecule has 0 saturated carbocycles. The number of hydrogen-bond acceptors (Lipinski definition) is 4. The molecule has 0 aliphatic rings. The van der Waals surface area contributed by atoms with Gasteiger partial charge in [-0.05, 0) is 17.7 Å². The smallest absolute Gasteiger partial charge is 0.269 e. The van der Waals surface area contributed by atoms with Crippen molar-refractivity contribution in [3.63, 3.8) is 0 Å². The van der Waals surface area contributed by atoms with Gasteiger partial charge in [0.1, 0.15) is 0 Å². The molecule has 1 heterocycles. The molecule has 6 nitrogen and oxygen atoms in total. The van der Waals surface area contributed by atoms with Gasteiger partial charge < -0.3 is 5.32 Å². The predicted octanol–water partition coefficient (Wildman–Crippen LogP) is 1.87. The monoisotopic (exact) mass is 271 g/mol. The third-order valence-electron chi connectivity index (χ3n) is 2.96. The number of rotatable bonds is 6. The van der Waals surface area contributed by atoms with Gasteiger partial charge in [0.05, 0.1) is 4.92 Å². The fourth-order valence-corrected chi connectivity index (χ4v) is 1.97. The number of nitro groups is 1. The minimum Gasteiger partial charge on any atom is -0.358 e. The molecule has 2 aromatic rings. The van der Waals surface area contributed by atoms with E-state index in [-0.39, 0.29) is 11.6 Å². The maximum Gasteiger partial charge on any atom is 0.269 e. The van der Waals surface area contributed by atoms with E-state index in [2.05, 4.69) is 10.3 Å². The van der Waals surface area contributed by atoms with E-state index < -0.39 is 4.92 Å².